The molecule has 1 aliphatic heterocycles. The number of hydrogen-bond acceptors (Lipinski definition) is 6. The summed E-state index contributed by atoms with van der Waals surface area (Å²) in [4.78, 5) is 26.2. The SMILES string of the molecule is O=C(N[C@]1(c2ccc(OC(F)(F)F)cc2)CCOc2cccnc21)c1ccc2[nH]ncc2c1.O=CO. The molecule has 0 radical (unpaired) electrons. The third kappa shape index (κ3) is 5.06. The second-order valence-electron chi connectivity index (χ2n) is 7.66. The van der Waals surface area contributed by atoms with E-state index >= 15 is 0 Å². The molecule has 186 valence electrons. The number of hydrogen-bond donors (Lipinski definition) is 3. The number of amides is 1. The zero-order valence-electron chi connectivity index (χ0n) is 18.5. The molecule has 5 rings (SSSR count). The highest BCUT2D eigenvalue weighted by Crippen LogP contribution is 2.41. The van der Waals surface area contributed by atoms with Crippen molar-refractivity contribution in [2.45, 2.75) is 18.3 Å². The van der Waals surface area contributed by atoms with Crippen molar-refractivity contribution in [3.05, 3.63) is 83.8 Å². The fraction of sp³-hybridized carbons (Fsp3) is 0.167. The van der Waals surface area contributed by atoms with Crippen LogP contribution in [0.15, 0.2) is 67.0 Å². The summed E-state index contributed by atoms with van der Waals surface area (Å²) >= 11 is 0. The third-order valence-electron chi connectivity index (χ3n) is 5.52. The first-order chi connectivity index (χ1) is 17.3. The van der Waals surface area contributed by atoms with E-state index in [0.717, 1.165) is 10.9 Å². The van der Waals surface area contributed by atoms with Gasteiger partial charge in [0.05, 0.1) is 18.3 Å². The van der Waals surface area contributed by atoms with Crippen molar-refractivity contribution < 1.29 is 37.3 Å². The van der Waals surface area contributed by atoms with Crippen molar-refractivity contribution in [2.24, 2.45) is 0 Å². The highest BCUT2D eigenvalue weighted by molar-refractivity contribution is 5.98. The molecule has 2 aromatic heterocycles. The van der Waals surface area contributed by atoms with Crippen molar-refractivity contribution in [3.63, 3.8) is 0 Å². The summed E-state index contributed by atoms with van der Waals surface area (Å²) in [7, 11) is 0. The second kappa shape index (κ2) is 9.94. The number of alkyl halides is 3. The molecule has 0 saturated carbocycles. The summed E-state index contributed by atoms with van der Waals surface area (Å²) in [5.41, 5.74) is 1.11. The lowest BCUT2D eigenvalue weighted by Crippen LogP contribution is -2.50. The molecule has 9 nitrogen and oxygen atoms in total. The van der Waals surface area contributed by atoms with Gasteiger partial charge in [0, 0.05) is 23.6 Å². The predicted octanol–water partition coefficient (Wildman–Crippen LogP) is 4.01. The topological polar surface area (TPSA) is 126 Å². The largest absolute Gasteiger partial charge is 0.573 e. The molecule has 3 N–H and O–H groups in total. The molecule has 0 unspecified atom stereocenters. The number of carboxylic acid groups (broad SMARTS) is 1. The van der Waals surface area contributed by atoms with Crippen molar-refractivity contribution >= 4 is 23.3 Å². The number of benzene rings is 2. The number of rotatable bonds is 4. The zero-order chi connectivity index (χ0) is 25.8. The van der Waals surface area contributed by atoms with E-state index < -0.39 is 11.9 Å². The van der Waals surface area contributed by atoms with Crippen LogP contribution in [0, 0.1) is 0 Å². The molecule has 3 heterocycles. The van der Waals surface area contributed by atoms with Crippen LogP contribution in [0.5, 0.6) is 11.5 Å². The molecule has 0 saturated heterocycles. The Morgan fingerprint density at radius 1 is 1.19 bits per heavy atom. The average Bonchev–Trinajstić information content (AvgIpc) is 3.32. The highest BCUT2D eigenvalue weighted by atomic mass is 19.4. The number of carbonyl (C=O) groups excluding carboxylic acids is 1. The molecule has 1 atom stereocenters. The van der Waals surface area contributed by atoms with Crippen molar-refractivity contribution in [1.82, 2.24) is 20.5 Å². The van der Waals surface area contributed by atoms with Crippen LogP contribution in [0.25, 0.3) is 10.9 Å². The van der Waals surface area contributed by atoms with E-state index in [4.69, 9.17) is 14.6 Å². The smallest absolute Gasteiger partial charge is 0.491 e. The van der Waals surface area contributed by atoms with Gasteiger partial charge >= 0.3 is 6.36 Å². The maximum Gasteiger partial charge on any atom is 0.573 e. The van der Waals surface area contributed by atoms with E-state index in [2.05, 4.69) is 25.2 Å². The Morgan fingerprint density at radius 2 is 1.94 bits per heavy atom. The van der Waals surface area contributed by atoms with Gasteiger partial charge in [-0.3, -0.25) is 19.7 Å². The summed E-state index contributed by atoms with van der Waals surface area (Å²) < 4.78 is 47.5. The van der Waals surface area contributed by atoms with Gasteiger partial charge in [0.25, 0.3) is 12.4 Å². The van der Waals surface area contributed by atoms with Crippen LogP contribution in [-0.4, -0.2) is 45.6 Å². The van der Waals surface area contributed by atoms with E-state index in [1.54, 1.807) is 42.7 Å². The van der Waals surface area contributed by atoms with Gasteiger partial charge in [-0.2, -0.15) is 5.10 Å². The van der Waals surface area contributed by atoms with Crippen LogP contribution in [0.3, 0.4) is 0 Å². The van der Waals surface area contributed by atoms with E-state index in [0.29, 0.717) is 29.0 Å². The number of H-pyrrole nitrogens is 1. The number of carbonyl (C=O) groups is 2. The molecule has 0 spiro atoms. The highest BCUT2D eigenvalue weighted by Gasteiger charge is 2.42. The van der Waals surface area contributed by atoms with E-state index in [1.165, 1.54) is 24.3 Å². The molecule has 1 amide bonds. The summed E-state index contributed by atoms with van der Waals surface area (Å²) in [5.74, 6) is -0.233. The number of aromatic nitrogens is 3. The molecule has 0 fully saturated rings. The molecule has 0 aliphatic carbocycles. The molecular weight excluding hydrogens is 481 g/mol. The summed E-state index contributed by atoms with van der Waals surface area (Å²) in [6, 6.07) is 14.0. The molecule has 1 aliphatic rings. The number of nitrogens with zero attached hydrogens (tertiary/aromatic N) is 2. The van der Waals surface area contributed by atoms with Crippen LogP contribution in [0.2, 0.25) is 0 Å². The van der Waals surface area contributed by atoms with Crippen molar-refractivity contribution in [1.29, 1.82) is 0 Å². The Kier molecular flexibility index (Phi) is 6.77. The Labute approximate surface area is 201 Å². The van der Waals surface area contributed by atoms with Gasteiger partial charge < -0.3 is 19.9 Å². The van der Waals surface area contributed by atoms with Gasteiger partial charge in [-0.05, 0) is 48.0 Å². The van der Waals surface area contributed by atoms with Gasteiger partial charge in [-0.15, -0.1) is 13.2 Å². The first kappa shape index (κ1) is 24.5. The van der Waals surface area contributed by atoms with Gasteiger partial charge in [0.15, 0.2) is 0 Å². The van der Waals surface area contributed by atoms with Gasteiger partial charge in [-0.25, -0.2) is 0 Å². The maximum absolute atomic E-state index is 13.3. The lowest BCUT2D eigenvalue weighted by molar-refractivity contribution is -0.274. The summed E-state index contributed by atoms with van der Waals surface area (Å²) in [5, 5.41) is 17.5. The number of nitrogens with one attached hydrogen (secondary N) is 2. The van der Waals surface area contributed by atoms with Gasteiger partial charge in [0.2, 0.25) is 0 Å². The van der Waals surface area contributed by atoms with Crippen LogP contribution < -0.4 is 14.8 Å². The molecule has 36 heavy (non-hydrogen) atoms. The fourth-order valence-corrected chi connectivity index (χ4v) is 4.03. The standard InChI is InChI=1S/C23H17F3N4O3.CH2O2/c24-23(25,26)33-17-6-4-16(5-7-17)22(9-11-32-19-2-1-10-27-20(19)22)29-21(31)14-3-8-18-15(12-14)13-28-30-18;2-1-3/h1-8,10,12-13H,9,11H2,(H,28,30)(H,29,31);1H,(H,2,3)/t22-;/m0./s1. The molecular formula is C24H19F3N4O5. The number of fused-ring (bicyclic) bond motifs is 2. The van der Waals surface area contributed by atoms with Crippen LogP contribution in [-0.2, 0) is 10.3 Å². The van der Waals surface area contributed by atoms with Gasteiger partial charge in [-0.1, -0.05) is 12.1 Å². The minimum atomic E-state index is -4.80. The quantitative estimate of drug-likeness (QED) is 0.362. The van der Waals surface area contributed by atoms with Crippen molar-refractivity contribution in [2.75, 3.05) is 6.61 Å². The average molecular weight is 500 g/mol. The first-order valence-corrected chi connectivity index (χ1v) is 10.5. The third-order valence-corrected chi connectivity index (χ3v) is 5.52. The second-order valence-corrected chi connectivity index (χ2v) is 7.66. The van der Waals surface area contributed by atoms with Crippen LogP contribution in [0.4, 0.5) is 13.2 Å². The summed E-state index contributed by atoms with van der Waals surface area (Å²) in [6.45, 7) is 0.0283. The minimum Gasteiger partial charge on any atom is -0.491 e. The Morgan fingerprint density at radius 3 is 2.67 bits per heavy atom. The minimum absolute atomic E-state index is 0.250. The van der Waals surface area contributed by atoms with E-state index in [9.17, 15) is 18.0 Å². The Balaban J connectivity index is 0.000000967. The van der Waals surface area contributed by atoms with Gasteiger partial charge in [0.1, 0.15) is 22.7 Å². The van der Waals surface area contributed by atoms with Crippen molar-refractivity contribution in [3.8, 4) is 11.5 Å². The molecule has 2 aromatic carbocycles. The lowest BCUT2D eigenvalue weighted by atomic mass is 9.81. The molecule has 0 bridgehead atoms. The maximum atomic E-state index is 13.3. The number of aromatic amines is 1. The molecule has 4 aromatic rings. The first-order valence-electron chi connectivity index (χ1n) is 10.5. The van der Waals surface area contributed by atoms with E-state index in [-0.39, 0.29) is 24.7 Å². The summed E-state index contributed by atoms with van der Waals surface area (Å²) in [6.07, 6.45) is -1.28. The Bertz CT molecular complexity index is 1370. The lowest BCUT2D eigenvalue weighted by Gasteiger charge is -2.39. The molecule has 12 heteroatoms. The Hall–Kier alpha value is -4.61. The van der Waals surface area contributed by atoms with Crippen LogP contribution >= 0.6 is 0 Å². The monoisotopic (exact) mass is 500 g/mol. The number of ether oxygens (including phenoxy) is 2. The number of pyridine rings is 1. The zero-order valence-corrected chi connectivity index (χ0v) is 18.5. The van der Waals surface area contributed by atoms with E-state index in [1.807, 2.05) is 0 Å². The fourth-order valence-electron chi connectivity index (χ4n) is 4.03. The van der Waals surface area contributed by atoms with Crippen LogP contribution in [0.1, 0.15) is 28.0 Å². The predicted molar refractivity (Wildman–Crippen MR) is 121 cm³/mol. The normalized spacial score (nSPS) is 16.6. The number of halogens is 3.